The molecular weight excluding hydrogens is 468 g/mol. The van der Waals surface area contributed by atoms with E-state index in [2.05, 4.69) is 19.2 Å². The van der Waals surface area contributed by atoms with Crippen molar-refractivity contribution in [3.05, 3.63) is 94.5 Å². The van der Waals surface area contributed by atoms with E-state index in [1.165, 1.54) is 11.1 Å². The van der Waals surface area contributed by atoms with Gasteiger partial charge in [-0.05, 0) is 60.5 Å². The first-order valence-corrected chi connectivity index (χ1v) is 13.0. The largest absolute Gasteiger partial charge is 0.350 e. The summed E-state index contributed by atoms with van der Waals surface area (Å²) in [7, 11) is 0. The fourth-order valence-corrected chi connectivity index (χ4v) is 5.30. The van der Waals surface area contributed by atoms with Crippen LogP contribution in [0.25, 0.3) is 10.6 Å². The van der Waals surface area contributed by atoms with Gasteiger partial charge in [0.2, 0.25) is 5.91 Å². The van der Waals surface area contributed by atoms with Crippen LogP contribution in [0.3, 0.4) is 0 Å². The van der Waals surface area contributed by atoms with Crippen LogP contribution < -0.4 is 10.2 Å². The number of fused-ring (bicyclic) bond motifs is 1. The van der Waals surface area contributed by atoms with Gasteiger partial charge in [-0.15, -0.1) is 11.3 Å². The lowest BCUT2D eigenvalue weighted by atomic mass is 9.93. The van der Waals surface area contributed by atoms with Crippen LogP contribution in [0, 0.1) is 6.92 Å². The predicted octanol–water partition coefficient (Wildman–Crippen LogP) is 5.78. The van der Waals surface area contributed by atoms with Gasteiger partial charge in [0, 0.05) is 12.2 Å². The van der Waals surface area contributed by atoms with Gasteiger partial charge < -0.3 is 5.32 Å². The third kappa shape index (κ3) is 4.35. The number of amides is 2. The van der Waals surface area contributed by atoms with Crippen molar-refractivity contribution in [1.82, 2.24) is 15.1 Å². The molecule has 0 aliphatic carbocycles. The van der Waals surface area contributed by atoms with Crippen molar-refractivity contribution in [3.8, 4) is 10.6 Å². The highest BCUT2D eigenvalue weighted by atomic mass is 32.1. The van der Waals surface area contributed by atoms with Crippen LogP contribution in [0.4, 0.5) is 5.69 Å². The Morgan fingerprint density at radius 2 is 1.83 bits per heavy atom. The van der Waals surface area contributed by atoms with Crippen molar-refractivity contribution in [1.29, 1.82) is 0 Å². The third-order valence-electron chi connectivity index (χ3n) is 6.81. The average Bonchev–Trinajstić information content (AvgIpc) is 3.54. The van der Waals surface area contributed by atoms with Crippen LogP contribution in [-0.4, -0.2) is 27.1 Å². The summed E-state index contributed by atoms with van der Waals surface area (Å²) in [6.07, 6.45) is 0. The van der Waals surface area contributed by atoms with Crippen molar-refractivity contribution in [2.24, 2.45) is 0 Å². The molecule has 2 amide bonds. The number of hydrogen-bond donors (Lipinski definition) is 1. The summed E-state index contributed by atoms with van der Waals surface area (Å²) in [6, 6.07) is 21.8. The molecule has 0 fully saturated rings. The number of hydrogen-bond acceptors (Lipinski definition) is 4. The zero-order valence-electron chi connectivity index (χ0n) is 21.0. The molecule has 2 aromatic carbocycles. The van der Waals surface area contributed by atoms with E-state index in [4.69, 9.17) is 5.10 Å². The van der Waals surface area contributed by atoms with Crippen LogP contribution in [0.1, 0.15) is 53.9 Å². The van der Waals surface area contributed by atoms with E-state index in [-0.39, 0.29) is 18.4 Å². The van der Waals surface area contributed by atoms with Gasteiger partial charge >= 0.3 is 0 Å². The molecular formula is C29H30N4O2S. The third-order valence-corrected chi connectivity index (χ3v) is 7.70. The van der Waals surface area contributed by atoms with Gasteiger partial charge in [-0.2, -0.15) is 5.10 Å². The predicted molar refractivity (Wildman–Crippen MR) is 144 cm³/mol. The first-order valence-electron chi connectivity index (χ1n) is 12.2. The minimum absolute atomic E-state index is 0.219. The minimum atomic E-state index is -1.16. The maximum Gasteiger partial charge on any atom is 0.277 e. The molecule has 0 spiro atoms. The Balaban J connectivity index is 1.52. The second kappa shape index (κ2) is 9.39. The lowest BCUT2D eigenvalue weighted by Crippen LogP contribution is -2.64. The summed E-state index contributed by atoms with van der Waals surface area (Å²) in [4.78, 5) is 30.3. The number of aromatic nitrogens is 2. The molecule has 184 valence electrons. The van der Waals surface area contributed by atoms with E-state index in [1.807, 2.05) is 86.0 Å². The van der Waals surface area contributed by atoms with Gasteiger partial charge in [-0.3, -0.25) is 19.2 Å². The van der Waals surface area contributed by atoms with E-state index >= 15 is 0 Å². The molecule has 1 aliphatic rings. The summed E-state index contributed by atoms with van der Waals surface area (Å²) in [5.74, 6) is -0.0832. The zero-order valence-corrected chi connectivity index (χ0v) is 21.8. The topological polar surface area (TPSA) is 67.2 Å². The molecule has 5 rings (SSSR count). The van der Waals surface area contributed by atoms with E-state index in [1.54, 1.807) is 20.9 Å². The number of carbonyl (C=O) groups is 2. The normalized spacial score (nSPS) is 17.4. The summed E-state index contributed by atoms with van der Waals surface area (Å²) in [5, 5.41) is 9.77. The Morgan fingerprint density at radius 3 is 2.47 bits per heavy atom. The quantitative estimate of drug-likeness (QED) is 0.366. The van der Waals surface area contributed by atoms with Crippen LogP contribution in [0.15, 0.2) is 72.1 Å². The smallest absolute Gasteiger partial charge is 0.277 e. The number of nitrogens with one attached hydrogen (secondary N) is 1. The molecule has 1 atom stereocenters. The van der Waals surface area contributed by atoms with Gasteiger partial charge in [-0.25, -0.2) is 0 Å². The van der Waals surface area contributed by atoms with E-state index in [0.717, 1.165) is 16.1 Å². The first-order chi connectivity index (χ1) is 17.3. The highest BCUT2D eigenvalue weighted by Gasteiger charge is 2.48. The molecule has 0 bridgehead atoms. The van der Waals surface area contributed by atoms with Crippen LogP contribution >= 0.6 is 11.3 Å². The van der Waals surface area contributed by atoms with Gasteiger partial charge in [-0.1, -0.05) is 61.9 Å². The molecule has 3 heterocycles. The molecule has 36 heavy (non-hydrogen) atoms. The summed E-state index contributed by atoms with van der Waals surface area (Å²) >= 11 is 1.57. The summed E-state index contributed by atoms with van der Waals surface area (Å²) < 4.78 is 1.68. The highest BCUT2D eigenvalue weighted by molar-refractivity contribution is 7.13. The fraction of sp³-hybridized carbons (Fsp3) is 0.276. The maximum absolute atomic E-state index is 13.9. The van der Waals surface area contributed by atoms with E-state index in [0.29, 0.717) is 23.8 Å². The highest BCUT2D eigenvalue weighted by Crippen LogP contribution is 2.35. The Kier molecular flexibility index (Phi) is 6.26. The van der Waals surface area contributed by atoms with E-state index in [9.17, 15) is 9.59 Å². The van der Waals surface area contributed by atoms with Crippen molar-refractivity contribution in [2.45, 2.75) is 52.2 Å². The number of anilines is 1. The number of carbonyl (C=O) groups excluding carboxylic acids is 2. The first kappa shape index (κ1) is 24.0. The molecule has 0 saturated heterocycles. The van der Waals surface area contributed by atoms with Gasteiger partial charge in [0.1, 0.15) is 16.9 Å². The number of aryl methyl sites for hydroxylation is 1. The maximum atomic E-state index is 13.9. The van der Waals surface area contributed by atoms with Crippen molar-refractivity contribution in [3.63, 3.8) is 0 Å². The molecule has 2 aromatic heterocycles. The SMILES string of the molecule is Cc1ccc(CNC(=O)[C@@]2(C)Cn3nc(-c4cccs4)cc3C(=O)N2c2ccc(C(C)C)cc2)cc1. The van der Waals surface area contributed by atoms with Crippen molar-refractivity contribution in [2.75, 3.05) is 4.90 Å². The number of nitrogens with zero attached hydrogens (tertiary/aromatic N) is 3. The Hall–Kier alpha value is -3.71. The molecule has 0 saturated carbocycles. The van der Waals surface area contributed by atoms with Crippen LogP contribution in [-0.2, 0) is 17.9 Å². The summed E-state index contributed by atoms with van der Waals surface area (Å²) in [6.45, 7) is 8.76. The minimum Gasteiger partial charge on any atom is -0.350 e. The Morgan fingerprint density at radius 1 is 1.11 bits per heavy atom. The molecule has 4 aromatic rings. The van der Waals surface area contributed by atoms with Gasteiger partial charge in [0.15, 0.2) is 0 Å². The lowest BCUT2D eigenvalue weighted by molar-refractivity contribution is -0.126. The second-order valence-electron chi connectivity index (χ2n) is 9.88. The van der Waals surface area contributed by atoms with Gasteiger partial charge in [0.25, 0.3) is 5.91 Å². The second-order valence-corrected chi connectivity index (χ2v) is 10.8. The monoisotopic (exact) mass is 498 g/mol. The fourth-order valence-electron chi connectivity index (χ4n) is 4.62. The lowest BCUT2D eigenvalue weighted by Gasteiger charge is -2.43. The molecule has 1 N–H and O–H groups in total. The number of benzene rings is 2. The Bertz CT molecular complexity index is 1390. The molecule has 6 nitrogen and oxygen atoms in total. The standard InChI is InChI=1S/C29H30N4O2S/c1-19(2)22-11-13-23(14-12-22)33-27(34)25-16-24(26-6-5-15-36-26)31-32(25)18-29(33,4)28(35)30-17-21-9-7-20(3)8-10-21/h5-16,19H,17-18H2,1-4H3,(H,30,35)/t29-/m1/s1. The van der Waals surface area contributed by atoms with E-state index < -0.39 is 5.54 Å². The van der Waals surface area contributed by atoms with Gasteiger partial charge in [0.05, 0.1) is 11.4 Å². The van der Waals surface area contributed by atoms with Crippen LogP contribution in [0.5, 0.6) is 0 Å². The average molecular weight is 499 g/mol. The molecule has 7 heteroatoms. The Labute approximate surface area is 215 Å². The van der Waals surface area contributed by atoms with Crippen molar-refractivity contribution < 1.29 is 9.59 Å². The number of rotatable bonds is 6. The molecule has 0 unspecified atom stereocenters. The zero-order chi connectivity index (χ0) is 25.4. The van der Waals surface area contributed by atoms with Crippen LogP contribution in [0.2, 0.25) is 0 Å². The molecule has 0 radical (unpaired) electrons. The summed E-state index contributed by atoms with van der Waals surface area (Å²) in [5.41, 5.74) is 4.11. The van der Waals surface area contributed by atoms with Crippen molar-refractivity contribution >= 4 is 28.8 Å². The molecule has 1 aliphatic heterocycles. The number of thiophene rings is 1.